The molecule has 0 radical (unpaired) electrons. The zero-order chi connectivity index (χ0) is 31.7. The molecular formula is C38H58O3. The van der Waals surface area contributed by atoms with E-state index in [2.05, 4.69) is 121 Å². The topological polar surface area (TPSA) is 57.5 Å². The molecule has 2 rings (SSSR count). The Morgan fingerprint density at radius 3 is 1.51 bits per heavy atom. The van der Waals surface area contributed by atoms with E-state index in [0.29, 0.717) is 5.75 Å². The molecule has 0 aromatic heterocycles. The molecule has 0 heterocycles. The lowest BCUT2D eigenvalue weighted by Crippen LogP contribution is -2.25. The van der Waals surface area contributed by atoms with Gasteiger partial charge in [0.1, 0.15) is 5.75 Å². The Morgan fingerprint density at radius 1 is 0.707 bits per heavy atom. The van der Waals surface area contributed by atoms with Crippen molar-refractivity contribution in [3.05, 3.63) is 75.4 Å². The number of phenolic OH excluding ortho intramolecular Hbond substituents is 1. The van der Waals surface area contributed by atoms with E-state index in [9.17, 15) is 15.0 Å². The van der Waals surface area contributed by atoms with Crippen molar-refractivity contribution in [2.45, 2.75) is 150 Å². The first-order valence-corrected chi connectivity index (χ1v) is 15.7. The van der Waals surface area contributed by atoms with Crippen molar-refractivity contribution < 1.29 is 15.0 Å². The Morgan fingerprint density at radius 2 is 1.10 bits per heavy atom. The Hall–Kier alpha value is -2.55. The van der Waals surface area contributed by atoms with E-state index in [1.165, 1.54) is 16.7 Å². The lowest BCUT2D eigenvalue weighted by atomic mass is 9.69. The van der Waals surface area contributed by atoms with Gasteiger partial charge >= 0.3 is 5.97 Å². The minimum Gasteiger partial charge on any atom is -0.507 e. The Bertz CT molecular complexity index is 1270. The summed E-state index contributed by atoms with van der Waals surface area (Å²) < 4.78 is 0. The first-order chi connectivity index (χ1) is 18.7. The van der Waals surface area contributed by atoms with E-state index in [0.717, 1.165) is 47.9 Å². The summed E-state index contributed by atoms with van der Waals surface area (Å²) in [4.78, 5) is 12.0. The van der Waals surface area contributed by atoms with Crippen LogP contribution in [0.5, 0.6) is 5.75 Å². The molecule has 1 unspecified atom stereocenters. The minimum atomic E-state index is -0.969. The number of rotatable bonds is 13. The van der Waals surface area contributed by atoms with Crippen molar-refractivity contribution in [2.75, 3.05) is 0 Å². The van der Waals surface area contributed by atoms with Crippen LogP contribution in [0.3, 0.4) is 0 Å². The predicted octanol–water partition coefficient (Wildman–Crippen LogP) is 10.5. The molecule has 0 amide bonds. The molecule has 2 aromatic carbocycles. The highest BCUT2D eigenvalue weighted by Crippen LogP contribution is 2.46. The molecule has 41 heavy (non-hydrogen) atoms. The fourth-order valence-corrected chi connectivity index (χ4v) is 5.41. The second-order valence-corrected chi connectivity index (χ2v) is 14.8. The monoisotopic (exact) mass is 562 g/mol. The lowest BCUT2D eigenvalue weighted by molar-refractivity contribution is -0.132. The smallest absolute Gasteiger partial charge is 0.331 e. The highest BCUT2D eigenvalue weighted by atomic mass is 16.4. The molecule has 0 aliphatic heterocycles. The normalized spacial score (nSPS) is 13.8. The van der Waals surface area contributed by atoms with Crippen molar-refractivity contribution in [1.82, 2.24) is 0 Å². The number of carbonyl (C=O) groups is 1. The van der Waals surface area contributed by atoms with E-state index in [1.54, 1.807) is 0 Å². The number of benzene rings is 2. The number of aliphatic carboxylic acids is 1. The SMILES string of the molecule is C=C(Cc1c(C(C)c2cc(C(C)(C)CC)cc(C(C)(C)CC)c2O)cc(C(C)(C)CC)cc1C(C)(C)CC)C(=O)O. The fraction of sp³-hybridized carbons (Fsp3) is 0.605. The maximum absolute atomic E-state index is 12.0. The van der Waals surface area contributed by atoms with Crippen molar-refractivity contribution in [3.63, 3.8) is 0 Å². The third kappa shape index (κ3) is 7.09. The molecule has 0 fully saturated rings. The fourth-order valence-electron chi connectivity index (χ4n) is 5.41. The molecule has 3 nitrogen and oxygen atoms in total. The van der Waals surface area contributed by atoms with Crippen LogP contribution in [0.15, 0.2) is 36.4 Å². The lowest BCUT2D eigenvalue weighted by Gasteiger charge is -2.35. The average molecular weight is 563 g/mol. The van der Waals surface area contributed by atoms with Crippen LogP contribution >= 0.6 is 0 Å². The Kier molecular flexibility index (Phi) is 10.4. The van der Waals surface area contributed by atoms with Crippen LogP contribution in [0.25, 0.3) is 0 Å². The first-order valence-electron chi connectivity index (χ1n) is 15.7. The van der Waals surface area contributed by atoms with E-state index in [-0.39, 0.29) is 39.6 Å². The van der Waals surface area contributed by atoms with Gasteiger partial charge < -0.3 is 10.2 Å². The second kappa shape index (κ2) is 12.4. The number of aromatic hydroxyl groups is 1. The third-order valence-electron chi connectivity index (χ3n) is 10.6. The minimum absolute atomic E-state index is 0.0530. The van der Waals surface area contributed by atoms with E-state index in [1.807, 2.05) is 0 Å². The standard InChI is InChI=1S/C38H58O3/c1-15-35(7,8)26-20-28(30(19-24(5)34(40)41)31(22-26)37(11,12)17-3)25(6)29-21-27(36(9,10)16-2)23-32(33(29)39)38(13,14)18-4/h20-23,25,39H,5,15-19H2,1-4,6-14H3,(H,40,41). The molecule has 1 atom stereocenters. The van der Waals surface area contributed by atoms with Gasteiger partial charge in [-0.25, -0.2) is 4.79 Å². The summed E-state index contributed by atoms with van der Waals surface area (Å²) in [7, 11) is 0. The molecule has 0 aliphatic rings. The molecular weight excluding hydrogens is 504 g/mol. The number of carboxylic acid groups (broad SMARTS) is 1. The van der Waals surface area contributed by atoms with Gasteiger partial charge in [0.05, 0.1) is 0 Å². The molecule has 0 spiro atoms. The van der Waals surface area contributed by atoms with Gasteiger partial charge in [0.15, 0.2) is 0 Å². The van der Waals surface area contributed by atoms with Crippen molar-refractivity contribution in [3.8, 4) is 5.75 Å². The van der Waals surface area contributed by atoms with Crippen LogP contribution in [0.4, 0.5) is 0 Å². The second-order valence-electron chi connectivity index (χ2n) is 14.8. The zero-order valence-corrected chi connectivity index (χ0v) is 28.4. The summed E-state index contributed by atoms with van der Waals surface area (Å²) in [6, 6.07) is 9.02. The maximum Gasteiger partial charge on any atom is 0.331 e. The number of hydrogen-bond donors (Lipinski definition) is 2. The zero-order valence-electron chi connectivity index (χ0n) is 28.4. The first kappa shape index (κ1) is 34.7. The molecule has 0 bridgehead atoms. The van der Waals surface area contributed by atoms with Crippen LogP contribution < -0.4 is 0 Å². The number of hydrogen-bond acceptors (Lipinski definition) is 2. The summed E-state index contributed by atoms with van der Waals surface area (Å²) in [6.07, 6.45) is 4.06. The maximum atomic E-state index is 12.0. The van der Waals surface area contributed by atoms with Crippen LogP contribution in [-0.2, 0) is 32.9 Å². The van der Waals surface area contributed by atoms with Crippen LogP contribution in [0, 0.1) is 0 Å². The van der Waals surface area contributed by atoms with Gasteiger partial charge in [-0.1, -0.05) is 121 Å². The molecule has 2 aromatic rings. The van der Waals surface area contributed by atoms with Gasteiger partial charge in [-0.3, -0.25) is 0 Å². The van der Waals surface area contributed by atoms with Gasteiger partial charge in [0, 0.05) is 29.0 Å². The molecule has 228 valence electrons. The average Bonchev–Trinajstić information content (AvgIpc) is 2.92. The van der Waals surface area contributed by atoms with Gasteiger partial charge in [-0.15, -0.1) is 0 Å². The molecule has 0 saturated carbocycles. The highest BCUT2D eigenvalue weighted by molar-refractivity contribution is 5.86. The number of phenols is 1. The summed E-state index contributed by atoms with van der Waals surface area (Å²) >= 11 is 0. The predicted molar refractivity (Wildman–Crippen MR) is 176 cm³/mol. The van der Waals surface area contributed by atoms with Crippen LogP contribution in [0.1, 0.15) is 161 Å². The van der Waals surface area contributed by atoms with Crippen molar-refractivity contribution >= 4 is 5.97 Å². The third-order valence-corrected chi connectivity index (χ3v) is 10.6. The summed E-state index contributed by atoms with van der Waals surface area (Å²) in [5.41, 5.74) is 7.40. The summed E-state index contributed by atoms with van der Waals surface area (Å²) in [5, 5.41) is 21.8. The van der Waals surface area contributed by atoms with Gasteiger partial charge in [0.25, 0.3) is 0 Å². The van der Waals surface area contributed by atoms with E-state index < -0.39 is 5.97 Å². The number of carboxylic acids is 1. The summed E-state index contributed by atoms with van der Waals surface area (Å²) in [6.45, 7) is 32.9. The van der Waals surface area contributed by atoms with Gasteiger partial charge in [-0.2, -0.15) is 0 Å². The molecule has 0 saturated heterocycles. The van der Waals surface area contributed by atoms with Gasteiger partial charge in [-0.05, 0) is 75.2 Å². The molecule has 0 aliphatic carbocycles. The van der Waals surface area contributed by atoms with Crippen molar-refractivity contribution in [2.24, 2.45) is 0 Å². The van der Waals surface area contributed by atoms with Gasteiger partial charge in [0.2, 0.25) is 0 Å². The quantitative estimate of drug-likeness (QED) is 0.239. The molecule has 2 N–H and O–H groups in total. The largest absolute Gasteiger partial charge is 0.507 e. The van der Waals surface area contributed by atoms with Crippen LogP contribution in [-0.4, -0.2) is 16.2 Å². The van der Waals surface area contributed by atoms with E-state index in [4.69, 9.17) is 0 Å². The summed E-state index contributed by atoms with van der Waals surface area (Å²) in [5.74, 6) is -0.757. The van der Waals surface area contributed by atoms with Crippen LogP contribution in [0.2, 0.25) is 0 Å². The van der Waals surface area contributed by atoms with Crippen molar-refractivity contribution in [1.29, 1.82) is 0 Å². The Balaban J connectivity index is 3.12. The Labute approximate surface area is 251 Å². The van der Waals surface area contributed by atoms with E-state index >= 15 is 0 Å². The highest BCUT2D eigenvalue weighted by Gasteiger charge is 2.33. The molecule has 3 heteroatoms.